The predicted octanol–water partition coefficient (Wildman–Crippen LogP) is 4.35. The van der Waals surface area contributed by atoms with Crippen molar-refractivity contribution in [3.63, 3.8) is 0 Å². The van der Waals surface area contributed by atoms with Crippen LogP contribution in [-0.2, 0) is 37.6 Å². The number of fused-ring (bicyclic) bond motifs is 1. The molecule has 0 saturated heterocycles. The minimum Gasteiger partial charge on any atom is -0.352 e. The van der Waals surface area contributed by atoms with Crippen LogP contribution >= 0.6 is 0 Å². The first-order valence-corrected chi connectivity index (χ1v) is 11.2. The maximum atomic E-state index is 12.3. The van der Waals surface area contributed by atoms with Gasteiger partial charge in [0.2, 0.25) is 5.91 Å². The van der Waals surface area contributed by atoms with Gasteiger partial charge in [-0.15, -0.1) is 0 Å². The van der Waals surface area contributed by atoms with Gasteiger partial charge in [-0.3, -0.25) is 4.79 Å². The smallest absolute Gasteiger partial charge is 0.220 e. The van der Waals surface area contributed by atoms with E-state index in [2.05, 4.69) is 22.0 Å². The molecule has 1 aromatic heterocycles. The Labute approximate surface area is 199 Å². The zero-order chi connectivity index (χ0) is 23.9. The van der Waals surface area contributed by atoms with Gasteiger partial charge in [0, 0.05) is 26.4 Å². The monoisotopic (exact) mass is 447 g/mol. The van der Waals surface area contributed by atoms with Crippen LogP contribution in [0.5, 0.6) is 0 Å². The average Bonchev–Trinajstić information content (AvgIpc) is 3.20. The van der Waals surface area contributed by atoms with E-state index in [0.717, 1.165) is 40.8 Å². The zero-order valence-corrected chi connectivity index (χ0v) is 19.1. The van der Waals surface area contributed by atoms with E-state index >= 15 is 0 Å². The molecule has 1 heterocycles. The number of aryl methyl sites for hydroxylation is 4. The number of imidazole rings is 1. The van der Waals surface area contributed by atoms with Crippen LogP contribution in [0.3, 0.4) is 0 Å². The number of rotatable bonds is 8. The minimum atomic E-state index is -0.00594. The van der Waals surface area contributed by atoms with E-state index in [1.54, 1.807) is 12.1 Å². The van der Waals surface area contributed by atoms with E-state index in [4.69, 9.17) is 15.5 Å². The molecule has 0 fully saturated rings. The maximum Gasteiger partial charge on any atom is 0.220 e. The fourth-order valence-electron chi connectivity index (χ4n) is 3.92. The average molecular weight is 448 g/mol. The fraction of sp³-hybridized carbons (Fsp3) is 0.214. The highest BCUT2D eigenvalue weighted by Crippen LogP contribution is 2.18. The highest BCUT2D eigenvalue weighted by atomic mass is 16.1. The molecule has 3 aromatic carbocycles. The van der Waals surface area contributed by atoms with Crippen LogP contribution in [0.1, 0.15) is 40.1 Å². The van der Waals surface area contributed by atoms with E-state index in [9.17, 15) is 4.79 Å². The largest absolute Gasteiger partial charge is 0.352 e. The molecule has 1 N–H and O–H groups in total. The zero-order valence-electron chi connectivity index (χ0n) is 19.1. The number of carbonyl (C=O) groups is 1. The van der Waals surface area contributed by atoms with Crippen molar-refractivity contribution in [1.82, 2.24) is 14.9 Å². The summed E-state index contributed by atoms with van der Waals surface area (Å²) in [4.78, 5) is 17.1. The van der Waals surface area contributed by atoms with Crippen molar-refractivity contribution < 1.29 is 4.79 Å². The molecule has 0 bridgehead atoms. The Bertz CT molecular complexity index is 1390. The second-order valence-corrected chi connectivity index (χ2v) is 8.30. The quantitative estimate of drug-likeness (QED) is 0.434. The van der Waals surface area contributed by atoms with Crippen molar-refractivity contribution in [1.29, 1.82) is 10.5 Å². The van der Waals surface area contributed by atoms with Crippen LogP contribution in [-0.4, -0.2) is 15.5 Å². The molecule has 0 radical (unpaired) electrons. The molecule has 0 aliphatic heterocycles. The molecule has 0 aliphatic rings. The molecule has 0 spiro atoms. The Hall–Kier alpha value is -4.42. The van der Waals surface area contributed by atoms with Crippen molar-refractivity contribution in [2.45, 2.75) is 32.2 Å². The molecule has 6 heteroatoms. The summed E-state index contributed by atoms with van der Waals surface area (Å²) in [6.45, 7) is 0.458. The SMILES string of the molecule is Cn1c(CCc2ccc(C#N)cc2)nc2cc(CNC(=O)CCc3ccc(C#N)cc3)ccc21. The Morgan fingerprint density at radius 2 is 1.44 bits per heavy atom. The van der Waals surface area contributed by atoms with Gasteiger partial charge >= 0.3 is 0 Å². The number of benzene rings is 3. The number of nitrogens with one attached hydrogen (secondary N) is 1. The third-order valence-electron chi connectivity index (χ3n) is 5.97. The van der Waals surface area contributed by atoms with Gasteiger partial charge in [-0.25, -0.2) is 4.98 Å². The van der Waals surface area contributed by atoms with Gasteiger partial charge in [0.15, 0.2) is 0 Å². The predicted molar refractivity (Wildman–Crippen MR) is 131 cm³/mol. The molecule has 0 saturated carbocycles. The number of nitriles is 2. The van der Waals surface area contributed by atoms with Gasteiger partial charge in [0.05, 0.1) is 34.3 Å². The lowest BCUT2D eigenvalue weighted by atomic mass is 10.1. The molecular formula is C28H25N5O. The highest BCUT2D eigenvalue weighted by molar-refractivity contribution is 5.78. The standard InChI is InChI=1S/C28H25N5O/c1-33-26-13-10-24(19-31-28(34)15-12-21-4-8-23(18-30)9-5-21)16-25(26)32-27(33)14-11-20-2-6-22(17-29)7-3-20/h2-10,13,16H,11-12,14-15,19H2,1H3,(H,31,34). The van der Waals surface area contributed by atoms with Gasteiger partial charge < -0.3 is 9.88 Å². The van der Waals surface area contributed by atoms with Gasteiger partial charge in [0.1, 0.15) is 5.82 Å². The second kappa shape index (κ2) is 10.5. The third-order valence-corrected chi connectivity index (χ3v) is 5.97. The molecule has 34 heavy (non-hydrogen) atoms. The van der Waals surface area contributed by atoms with Gasteiger partial charge in [-0.1, -0.05) is 30.3 Å². The van der Waals surface area contributed by atoms with Crippen LogP contribution in [0.15, 0.2) is 66.7 Å². The lowest BCUT2D eigenvalue weighted by Crippen LogP contribution is -2.22. The summed E-state index contributed by atoms with van der Waals surface area (Å²) in [5, 5.41) is 20.8. The first kappa shape index (κ1) is 22.8. The molecular weight excluding hydrogens is 422 g/mol. The van der Waals surface area contributed by atoms with Crippen LogP contribution in [0, 0.1) is 22.7 Å². The third kappa shape index (κ3) is 5.49. The molecule has 0 atom stereocenters. The van der Waals surface area contributed by atoms with E-state index in [1.165, 1.54) is 5.56 Å². The number of hydrogen-bond donors (Lipinski definition) is 1. The Balaban J connectivity index is 1.33. The topological polar surface area (TPSA) is 94.5 Å². The Kier molecular flexibility index (Phi) is 7.01. The van der Waals surface area contributed by atoms with Crippen molar-refractivity contribution in [3.05, 3.63) is 100 Å². The van der Waals surface area contributed by atoms with E-state index < -0.39 is 0 Å². The summed E-state index contributed by atoms with van der Waals surface area (Å²) in [6, 6.07) is 25.3. The molecule has 4 rings (SSSR count). The minimum absolute atomic E-state index is 0.00594. The van der Waals surface area contributed by atoms with Crippen LogP contribution in [0.2, 0.25) is 0 Å². The van der Waals surface area contributed by atoms with Gasteiger partial charge in [-0.05, 0) is 65.9 Å². The summed E-state index contributed by atoms with van der Waals surface area (Å²) in [6.07, 6.45) is 2.69. The summed E-state index contributed by atoms with van der Waals surface area (Å²) in [7, 11) is 2.02. The summed E-state index contributed by atoms with van der Waals surface area (Å²) >= 11 is 0. The fourth-order valence-corrected chi connectivity index (χ4v) is 3.92. The molecule has 0 unspecified atom stereocenters. The van der Waals surface area contributed by atoms with Crippen molar-refractivity contribution in [2.24, 2.45) is 7.05 Å². The molecule has 0 aliphatic carbocycles. The normalized spacial score (nSPS) is 10.6. The Morgan fingerprint density at radius 1 is 0.853 bits per heavy atom. The first-order valence-electron chi connectivity index (χ1n) is 11.2. The summed E-state index contributed by atoms with van der Waals surface area (Å²) in [5.41, 5.74) is 6.49. The first-order chi connectivity index (χ1) is 16.6. The summed E-state index contributed by atoms with van der Waals surface area (Å²) in [5.74, 6) is 0.997. The number of aromatic nitrogens is 2. The van der Waals surface area contributed by atoms with Crippen molar-refractivity contribution in [2.75, 3.05) is 0 Å². The van der Waals surface area contributed by atoms with Crippen LogP contribution < -0.4 is 5.32 Å². The highest BCUT2D eigenvalue weighted by Gasteiger charge is 2.10. The molecule has 4 aromatic rings. The second-order valence-electron chi connectivity index (χ2n) is 8.30. The lowest BCUT2D eigenvalue weighted by Gasteiger charge is -2.06. The summed E-state index contributed by atoms with van der Waals surface area (Å²) < 4.78 is 2.11. The number of amides is 1. The molecule has 168 valence electrons. The maximum absolute atomic E-state index is 12.3. The van der Waals surface area contributed by atoms with Crippen molar-refractivity contribution in [3.8, 4) is 12.1 Å². The van der Waals surface area contributed by atoms with E-state index in [-0.39, 0.29) is 5.91 Å². The van der Waals surface area contributed by atoms with Crippen LogP contribution in [0.4, 0.5) is 0 Å². The van der Waals surface area contributed by atoms with Crippen LogP contribution in [0.25, 0.3) is 11.0 Å². The molecule has 1 amide bonds. The van der Waals surface area contributed by atoms with E-state index in [1.807, 2.05) is 61.6 Å². The number of hydrogen-bond acceptors (Lipinski definition) is 4. The van der Waals surface area contributed by atoms with Gasteiger partial charge in [-0.2, -0.15) is 10.5 Å². The number of nitrogens with zero attached hydrogens (tertiary/aromatic N) is 4. The molecule has 6 nitrogen and oxygen atoms in total. The van der Waals surface area contributed by atoms with E-state index in [0.29, 0.717) is 30.5 Å². The van der Waals surface area contributed by atoms with Gasteiger partial charge in [0.25, 0.3) is 0 Å². The van der Waals surface area contributed by atoms with Crippen molar-refractivity contribution >= 4 is 16.9 Å². The number of carbonyl (C=O) groups excluding carboxylic acids is 1. The lowest BCUT2D eigenvalue weighted by molar-refractivity contribution is -0.121. The Morgan fingerprint density at radius 3 is 2.06 bits per heavy atom.